The van der Waals surface area contributed by atoms with Crippen molar-refractivity contribution in [3.63, 3.8) is 0 Å². The summed E-state index contributed by atoms with van der Waals surface area (Å²) in [4.78, 5) is 29.2. The molecule has 1 aromatic heterocycles. The molecule has 1 atom stereocenters. The van der Waals surface area contributed by atoms with Crippen LogP contribution in [0.25, 0.3) is 0 Å². The van der Waals surface area contributed by atoms with Crippen LogP contribution in [-0.2, 0) is 16.1 Å². The number of carbonyl (C=O) groups is 2. The third kappa shape index (κ3) is 3.57. The van der Waals surface area contributed by atoms with E-state index in [2.05, 4.69) is 17.1 Å². The molecule has 140 valence electrons. The van der Waals surface area contributed by atoms with Gasteiger partial charge in [0.1, 0.15) is 0 Å². The van der Waals surface area contributed by atoms with Gasteiger partial charge in [-0.15, -0.1) is 0 Å². The lowest BCUT2D eigenvalue weighted by molar-refractivity contribution is -0.144. The van der Waals surface area contributed by atoms with Gasteiger partial charge in [0.2, 0.25) is 11.8 Å². The molecule has 3 heterocycles. The molecule has 0 radical (unpaired) electrons. The molecule has 5 heteroatoms. The summed E-state index contributed by atoms with van der Waals surface area (Å²) in [7, 11) is 0. The Morgan fingerprint density at radius 1 is 1.23 bits per heavy atom. The molecule has 1 aliphatic carbocycles. The van der Waals surface area contributed by atoms with Gasteiger partial charge >= 0.3 is 0 Å². The third-order valence-corrected chi connectivity index (χ3v) is 6.46. The van der Waals surface area contributed by atoms with Gasteiger partial charge in [-0.05, 0) is 50.0 Å². The van der Waals surface area contributed by atoms with Crippen LogP contribution in [0.4, 0.5) is 0 Å². The van der Waals surface area contributed by atoms with Crippen molar-refractivity contribution in [1.29, 1.82) is 0 Å². The molecule has 0 saturated carbocycles. The smallest absolute Gasteiger partial charge is 0.226 e. The summed E-state index contributed by atoms with van der Waals surface area (Å²) in [6, 6.07) is 1.93. The number of allylic oxidation sites excluding steroid dienone is 2. The molecule has 2 saturated heterocycles. The fraction of sp³-hybridized carbons (Fsp3) is 0.619. The Kier molecular flexibility index (Phi) is 4.88. The Balaban J connectivity index is 1.35. The van der Waals surface area contributed by atoms with Gasteiger partial charge in [0.15, 0.2) is 0 Å². The van der Waals surface area contributed by atoms with E-state index in [0.717, 1.165) is 63.7 Å². The van der Waals surface area contributed by atoms with Crippen molar-refractivity contribution in [2.24, 2.45) is 11.3 Å². The molecule has 2 fully saturated rings. The molecular weight excluding hydrogens is 328 g/mol. The minimum Gasteiger partial charge on any atom is -0.472 e. The van der Waals surface area contributed by atoms with E-state index in [1.807, 2.05) is 11.0 Å². The van der Waals surface area contributed by atoms with E-state index in [4.69, 9.17) is 4.42 Å². The number of nitrogens with zero attached hydrogens (tertiary/aromatic N) is 2. The molecule has 0 unspecified atom stereocenters. The topological polar surface area (TPSA) is 53.8 Å². The highest BCUT2D eigenvalue weighted by atomic mass is 16.3. The normalized spacial score (nSPS) is 25.7. The van der Waals surface area contributed by atoms with Crippen molar-refractivity contribution in [2.75, 3.05) is 19.6 Å². The molecule has 1 spiro atoms. The summed E-state index contributed by atoms with van der Waals surface area (Å²) in [5.41, 5.74) is 1.23. The van der Waals surface area contributed by atoms with Crippen LogP contribution in [-0.4, -0.2) is 41.2 Å². The molecule has 0 aromatic carbocycles. The van der Waals surface area contributed by atoms with E-state index in [0.29, 0.717) is 18.9 Å². The minimum absolute atomic E-state index is 0.180. The summed E-state index contributed by atoms with van der Waals surface area (Å²) < 4.78 is 5.14. The van der Waals surface area contributed by atoms with Crippen LogP contribution in [0.1, 0.15) is 50.5 Å². The highest BCUT2D eigenvalue weighted by Gasteiger charge is 2.42. The highest BCUT2D eigenvalue weighted by molar-refractivity contribution is 5.79. The van der Waals surface area contributed by atoms with E-state index in [9.17, 15) is 9.59 Å². The number of hydrogen-bond donors (Lipinski definition) is 0. The van der Waals surface area contributed by atoms with Gasteiger partial charge in [0, 0.05) is 44.1 Å². The second-order valence-electron chi connectivity index (χ2n) is 8.19. The maximum absolute atomic E-state index is 12.8. The first-order valence-electron chi connectivity index (χ1n) is 9.88. The van der Waals surface area contributed by atoms with E-state index in [1.54, 1.807) is 12.5 Å². The number of carbonyl (C=O) groups excluding carboxylic acids is 2. The van der Waals surface area contributed by atoms with Crippen LogP contribution < -0.4 is 0 Å². The molecule has 0 N–H and O–H groups in total. The first-order chi connectivity index (χ1) is 12.7. The van der Waals surface area contributed by atoms with E-state index in [-0.39, 0.29) is 17.2 Å². The number of rotatable bonds is 3. The van der Waals surface area contributed by atoms with E-state index < -0.39 is 0 Å². The number of piperidine rings is 2. The Morgan fingerprint density at radius 3 is 2.77 bits per heavy atom. The monoisotopic (exact) mass is 356 g/mol. The van der Waals surface area contributed by atoms with Crippen molar-refractivity contribution in [1.82, 2.24) is 9.80 Å². The maximum atomic E-state index is 12.8. The zero-order valence-electron chi connectivity index (χ0n) is 15.4. The molecule has 3 aliphatic rings. The fourth-order valence-electron chi connectivity index (χ4n) is 4.74. The van der Waals surface area contributed by atoms with Crippen molar-refractivity contribution < 1.29 is 14.0 Å². The SMILES string of the molecule is O=C1CCC2(CCN(C(=O)[C@@H]3CC=CCC3)CC2)CN1Cc1ccoc1. The lowest BCUT2D eigenvalue weighted by Crippen LogP contribution is -2.52. The minimum atomic E-state index is 0.180. The number of furan rings is 1. The molecule has 5 nitrogen and oxygen atoms in total. The van der Waals surface area contributed by atoms with Crippen LogP contribution in [0.3, 0.4) is 0 Å². The summed E-state index contributed by atoms with van der Waals surface area (Å²) in [5.74, 6) is 0.759. The third-order valence-electron chi connectivity index (χ3n) is 6.46. The number of likely N-dealkylation sites (tertiary alicyclic amines) is 2. The second-order valence-corrected chi connectivity index (χ2v) is 8.19. The molecule has 1 aromatic rings. The zero-order chi connectivity index (χ0) is 18.0. The fourth-order valence-corrected chi connectivity index (χ4v) is 4.74. The van der Waals surface area contributed by atoms with Crippen molar-refractivity contribution >= 4 is 11.8 Å². The second kappa shape index (κ2) is 7.29. The molecule has 0 bridgehead atoms. The Morgan fingerprint density at radius 2 is 2.08 bits per heavy atom. The summed E-state index contributed by atoms with van der Waals surface area (Å²) >= 11 is 0. The first kappa shape index (κ1) is 17.4. The zero-order valence-corrected chi connectivity index (χ0v) is 15.4. The summed E-state index contributed by atoms with van der Waals surface area (Å²) in [5, 5.41) is 0. The van der Waals surface area contributed by atoms with Gasteiger partial charge in [0.05, 0.1) is 12.5 Å². The number of hydrogen-bond acceptors (Lipinski definition) is 3. The highest BCUT2D eigenvalue weighted by Crippen LogP contribution is 2.41. The van der Waals surface area contributed by atoms with E-state index >= 15 is 0 Å². The number of amides is 2. The standard InChI is InChI=1S/C21H28N2O3/c24-19-6-8-21(16-23(19)14-17-7-13-26-15-17)9-11-22(12-10-21)20(25)18-4-2-1-3-5-18/h1-2,7,13,15,18H,3-6,8-12,14,16H2/t18-/m1/s1. The van der Waals surface area contributed by atoms with Gasteiger partial charge in [-0.1, -0.05) is 12.2 Å². The van der Waals surface area contributed by atoms with Crippen LogP contribution >= 0.6 is 0 Å². The predicted molar refractivity (Wildman–Crippen MR) is 98.1 cm³/mol. The summed E-state index contributed by atoms with van der Waals surface area (Å²) in [6.07, 6.45) is 14.2. The lowest BCUT2D eigenvalue weighted by Gasteiger charge is -2.48. The van der Waals surface area contributed by atoms with Crippen molar-refractivity contribution in [3.05, 3.63) is 36.3 Å². The average molecular weight is 356 g/mol. The summed E-state index contributed by atoms with van der Waals surface area (Å²) in [6.45, 7) is 3.12. The Hall–Kier alpha value is -2.04. The van der Waals surface area contributed by atoms with Crippen LogP contribution in [0.15, 0.2) is 35.2 Å². The van der Waals surface area contributed by atoms with Gasteiger partial charge in [-0.2, -0.15) is 0 Å². The Bertz CT molecular complexity index is 671. The molecule has 2 aliphatic heterocycles. The van der Waals surface area contributed by atoms with Gasteiger partial charge in [-0.3, -0.25) is 9.59 Å². The van der Waals surface area contributed by atoms with Crippen LogP contribution in [0.5, 0.6) is 0 Å². The largest absolute Gasteiger partial charge is 0.472 e. The average Bonchev–Trinajstić information content (AvgIpc) is 3.19. The van der Waals surface area contributed by atoms with Gasteiger partial charge in [0.25, 0.3) is 0 Å². The van der Waals surface area contributed by atoms with Gasteiger partial charge in [-0.25, -0.2) is 0 Å². The molecule has 2 amide bonds. The molecule has 26 heavy (non-hydrogen) atoms. The molecular formula is C21H28N2O3. The Labute approximate surface area is 155 Å². The quantitative estimate of drug-likeness (QED) is 0.780. The molecule has 4 rings (SSSR count). The van der Waals surface area contributed by atoms with Crippen LogP contribution in [0, 0.1) is 11.3 Å². The predicted octanol–water partition coefficient (Wildman–Crippen LogP) is 3.37. The maximum Gasteiger partial charge on any atom is 0.226 e. The van der Waals surface area contributed by atoms with Crippen molar-refractivity contribution in [2.45, 2.75) is 51.5 Å². The van der Waals surface area contributed by atoms with E-state index in [1.165, 1.54) is 0 Å². The first-order valence-corrected chi connectivity index (χ1v) is 9.88. The van der Waals surface area contributed by atoms with Crippen molar-refractivity contribution in [3.8, 4) is 0 Å². The van der Waals surface area contributed by atoms with Gasteiger partial charge < -0.3 is 14.2 Å². The van der Waals surface area contributed by atoms with Crippen LogP contribution in [0.2, 0.25) is 0 Å². The lowest BCUT2D eigenvalue weighted by atomic mass is 9.72.